The summed E-state index contributed by atoms with van der Waals surface area (Å²) in [5.74, 6) is 0. The molecule has 0 amide bonds. The number of halogens is 1. The summed E-state index contributed by atoms with van der Waals surface area (Å²) in [5.41, 5.74) is 0.857. The molecule has 1 aliphatic rings. The molecule has 1 aromatic rings. The molecule has 0 radical (unpaired) electrons. The molecule has 0 aliphatic heterocycles. The molecule has 0 saturated carbocycles. The number of allylic oxidation sites excluding steroid dienone is 4. The highest BCUT2D eigenvalue weighted by molar-refractivity contribution is 6.30. The normalized spacial score (nSPS) is 22.3. The summed E-state index contributed by atoms with van der Waals surface area (Å²) >= 11 is 5.81. The van der Waals surface area contributed by atoms with E-state index in [-0.39, 0.29) is 5.54 Å². The van der Waals surface area contributed by atoms with Crippen LogP contribution in [0.15, 0.2) is 78.4 Å². The van der Waals surface area contributed by atoms with Gasteiger partial charge in [0.25, 0.3) is 0 Å². The van der Waals surface area contributed by atoms with Crippen molar-refractivity contribution in [2.24, 2.45) is 0 Å². The number of nitrogens with one attached hydrogen (secondary N) is 1. The molecular formula is C16H16ClN. The van der Waals surface area contributed by atoms with Crippen molar-refractivity contribution in [2.75, 3.05) is 5.32 Å². The third-order valence-electron chi connectivity index (χ3n) is 2.81. The molecule has 0 saturated heterocycles. The molecule has 18 heavy (non-hydrogen) atoms. The Morgan fingerprint density at radius 3 is 2.67 bits per heavy atom. The summed E-state index contributed by atoms with van der Waals surface area (Å²) in [6.45, 7) is 3.69. The number of hydrogen-bond acceptors (Lipinski definition) is 1. The zero-order valence-corrected chi connectivity index (χ0v) is 10.9. The number of rotatable bonds is 4. The second kappa shape index (κ2) is 5.74. The minimum Gasteiger partial charge on any atom is -0.372 e. The van der Waals surface area contributed by atoms with E-state index in [1.54, 1.807) is 0 Å². The van der Waals surface area contributed by atoms with Crippen LogP contribution in [0.25, 0.3) is 0 Å². The van der Waals surface area contributed by atoms with Crippen molar-refractivity contribution >= 4 is 17.3 Å². The van der Waals surface area contributed by atoms with Gasteiger partial charge in [0, 0.05) is 10.7 Å². The Morgan fingerprint density at radius 1 is 1.28 bits per heavy atom. The summed E-state index contributed by atoms with van der Waals surface area (Å²) in [6.07, 6.45) is 13.1. The van der Waals surface area contributed by atoms with Gasteiger partial charge in [0.2, 0.25) is 0 Å². The van der Waals surface area contributed by atoms with E-state index in [0.29, 0.717) is 5.03 Å². The van der Waals surface area contributed by atoms with Crippen LogP contribution in [0.5, 0.6) is 0 Å². The Kier molecular flexibility index (Phi) is 4.06. The average Bonchev–Trinajstić information content (AvgIpc) is 2.39. The monoisotopic (exact) mass is 257 g/mol. The Bertz CT molecular complexity index is 499. The highest BCUT2D eigenvalue weighted by Gasteiger charge is 2.23. The van der Waals surface area contributed by atoms with Crippen molar-refractivity contribution < 1.29 is 0 Å². The lowest BCUT2D eigenvalue weighted by Gasteiger charge is -2.30. The maximum Gasteiger partial charge on any atom is 0.0781 e. The second-order valence-corrected chi connectivity index (χ2v) is 4.79. The van der Waals surface area contributed by atoms with Gasteiger partial charge in [-0.1, -0.05) is 66.8 Å². The minimum atomic E-state index is -0.228. The molecule has 1 N–H and O–H groups in total. The van der Waals surface area contributed by atoms with Crippen molar-refractivity contribution in [1.82, 2.24) is 0 Å². The molecule has 2 heteroatoms. The fraction of sp³-hybridized carbons (Fsp3) is 0.125. The molecule has 1 unspecified atom stereocenters. The summed E-state index contributed by atoms with van der Waals surface area (Å²) in [7, 11) is 0. The highest BCUT2D eigenvalue weighted by Crippen LogP contribution is 2.26. The van der Waals surface area contributed by atoms with Crippen LogP contribution in [0.2, 0.25) is 0 Å². The van der Waals surface area contributed by atoms with Gasteiger partial charge in [-0.05, 0) is 24.6 Å². The Morgan fingerprint density at radius 2 is 2.06 bits per heavy atom. The molecule has 0 fully saturated rings. The predicted octanol–water partition coefficient (Wildman–Crippen LogP) is 4.66. The van der Waals surface area contributed by atoms with Crippen molar-refractivity contribution in [3.05, 3.63) is 78.4 Å². The molecule has 1 aromatic carbocycles. The molecule has 1 atom stereocenters. The summed E-state index contributed by atoms with van der Waals surface area (Å²) in [6, 6.07) is 10.1. The van der Waals surface area contributed by atoms with E-state index in [9.17, 15) is 0 Å². The first kappa shape index (κ1) is 12.7. The number of hydrogen-bond donors (Lipinski definition) is 1. The van der Waals surface area contributed by atoms with Crippen LogP contribution in [-0.2, 0) is 0 Å². The maximum absolute atomic E-state index is 5.81. The standard InChI is InChI=1S/C16H16ClN/c1-14(17)10-13-16(11-6-3-7-12-16)18-15-8-4-2-5-9-15/h2-11,13,18H,1,12H2. The van der Waals surface area contributed by atoms with Crippen molar-refractivity contribution in [3.63, 3.8) is 0 Å². The Labute approximate surface area is 113 Å². The van der Waals surface area contributed by atoms with E-state index >= 15 is 0 Å². The van der Waals surface area contributed by atoms with Crippen molar-refractivity contribution in [1.29, 1.82) is 0 Å². The van der Waals surface area contributed by atoms with E-state index in [1.807, 2.05) is 36.4 Å². The first-order valence-corrected chi connectivity index (χ1v) is 6.29. The topological polar surface area (TPSA) is 12.0 Å². The molecule has 2 rings (SSSR count). The Hall–Kier alpha value is -1.73. The lowest BCUT2D eigenvalue weighted by molar-refractivity contribution is 0.714. The number of para-hydroxylation sites is 1. The average molecular weight is 258 g/mol. The van der Waals surface area contributed by atoms with Gasteiger partial charge in [0.05, 0.1) is 5.54 Å². The van der Waals surface area contributed by atoms with Crippen LogP contribution in [0.1, 0.15) is 6.42 Å². The van der Waals surface area contributed by atoms with Crippen LogP contribution in [0, 0.1) is 0 Å². The third-order valence-corrected chi connectivity index (χ3v) is 2.93. The molecule has 92 valence electrons. The van der Waals surface area contributed by atoms with Gasteiger partial charge in [0.15, 0.2) is 0 Å². The van der Waals surface area contributed by atoms with Crippen molar-refractivity contribution in [3.8, 4) is 0 Å². The van der Waals surface area contributed by atoms with Gasteiger partial charge < -0.3 is 5.32 Å². The maximum atomic E-state index is 5.81. The zero-order valence-electron chi connectivity index (χ0n) is 10.1. The summed E-state index contributed by atoms with van der Waals surface area (Å²) in [5, 5.41) is 4.06. The second-order valence-electron chi connectivity index (χ2n) is 4.30. The lowest BCUT2D eigenvalue weighted by Crippen LogP contribution is -2.34. The first-order valence-electron chi connectivity index (χ1n) is 5.91. The van der Waals surface area contributed by atoms with E-state index in [1.165, 1.54) is 0 Å². The van der Waals surface area contributed by atoms with E-state index in [4.69, 9.17) is 11.6 Å². The SMILES string of the molecule is C=C(Cl)C=CC1(Nc2ccccc2)C=CC=CC1. The van der Waals surface area contributed by atoms with Gasteiger partial charge in [-0.25, -0.2) is 0 Å². The van der Waals surface area contributed by atoms with Crippen LogP contribution < -0.4 is 5.32 Å². The van der Waals surface area contributed by atoms with E-state index < -0.39 is 0 Å². The quantitative estimate of drug-likeness (QED) is 0.774. The van der Waals surface area contributed by atoms with Crippen LogP contribution >= 0.6 is 11.6 Å². The molecule has 0 heterocycles. The van der Waals surface area contributed by atoms with E-state index in [0.717, 1.165) is 12.1 Å². The summed E-state index contributed by atoms with van der Waals surface area (Å²) in [4.78, 5) is 0. The van der Waals surface area contributed by atoms with Crippen molar-refractivity contribution in [2.45, 2.75) is 12.0 Å². The minimum absolute atomic E-state index is 0.228. The van der Waals surface area contributed by atoms with Gasteiger partial charge in [-0.3, -0.25) is 0 Å². The number of anilines is 1. The predicted molar refractivity (Wildman–Crippen MR) is 79.8 cm³/mol. The fourth-order valence-corrected chi connectivity index (χ4v) is 1.99. The molecular weight excluding hydrogens is 242 g/mol. The molecule has 1 nitrogen and oxygen atoms in total. The largest absolute Gasteiger partial charge is 0.372 e. The fourth-order valence-electron chi connectivity index (χ4n) is 1.92. The van der Waals surface area contributed by atoms with Crippen LogP contribution in [0.4, 0.5) is 5.69 Å². The van der Waals surface area contributed by atoms with Crippen LogP contribution in [0.3, 0.4) is 0 Å². The van der Waals surface area contributed by atoms with Gasteiger partial charge in [0.1, 0.15) is 0 Å². The molecule has 0 bridgehead atoms. The van der Waals surface area contributed by atoms with Gasteiger partial charge in [-0.15, -0.1) is 0 Å². The summed E-state index contributed by atoms with van der Waals surface area (Å²) < 4.78 is 0. The van der Waals surface area contributed by atoms with E-state index in [2.05, 4.69) is 42.3 Å². The highest BCUT2D eigenvalue weighted by atomic mass is 35.5. The van der Waals surface area contributed by atoms with Crippen LogP contribution in [-0.4, -0.2) is 5.54 Å². The molecule has 0 aromatic heterocycles. The first-order chi connectivity index (χ1) is 8.70. The molecule has 0 spiro atoms. The smallest absolute Gasteiger partial charge is 0.0781 e. The third kappa shape index (κ3) is 3.38. The van der Waals surface area contributed by atoms with Gasteiger partial charge in [-0.2, -0.15) is 0 Å². The van der Waals surface area contributed by atoms with Gasteiger partial charge >= 0.3 is 0 Å². The molecule has 1 aliphatic carbocycles. The zero-order chi connectivity index (χ0) is 12.8. The number of benzene rings is 1. The Balaban J connectivity index is 2.23. The lowest BCUT2D eigenvalue weighted by atomic mass is 9.90.